The van der Waals surface area contributed by atoms with Crippen LogP contribution in [0.15, 0.2) is 53.5 Å². The SMILES string of the molecule is CCN1CCN(Cc2ccc(CNC(=NC)NCc3ccc(OC)cc3)cc2)CC1. The molecule has 3 rings (SSSR count). The van der Waals surface area contributed by atoms with Gasteiger partial charge >= 0.3 is 0 Å². The summed E-state index contributed by atoms with van der Waals surface area (Å²) in [5.41, 5.74) is 3.82. The van der Waals surface area contributed by atoms with Crippen molar-refractivity contribution in [2.24, 2.45) is 4.99 Å². The number of rotatable bonds is 8. The average Bonchev–Trinajstić information content (AvgIpc) is 2.81. The minimum absolute atomic E-state index is 0.716. The Kier molecular flexibility index (Phi) is 8.53. The molecule has 6 heteroatoms. The summed E-state index contributed by atoms with van der Waals surface area (Å²) in [5, 5.41) is 6.74. The maximum absolute atomic E-state index is 5.20. The van der Waals surface area contributed by atoms with Gasteiger partial charge in [0.2, 0.25) is 0 Å². The molecule has 2 aromatic carbocycles. The summed E-state index contributed by atoms with van der Waals surface area (Å²) in [6, 6.07) is 17.0. The Morgan fingerprint density at radius 3 is 1.83 bits per heavy atom. The summed E-state index contributed by atoms with van der Waals surface area (Å²) in [4.78, 5) is 9.38. The molecular weight excluding hydrogens is 374 g/mol. The first-order valence-corrected chi connectivity index (χ1v) is 10.8. The van der Waals surface area contributed by atoms with E-state index in [0.29, 0.717) is 6.54 Å². The molecule has 6 nitrogen and oxygen atoms in total. The number of ether oxygens (including phenoxy) is 1. The summed E-state index contributed by atoms with van der Waals surface area (Å²) in [5.74, 6) is 1.66. The number of benzene rings is 2. The second kappa shape index (κ2) is 11.6. The fourth-order valence-corrected chi connectivity index (χ4v) is 3.62. The number of guanidine groups is 1. The zero-order valence-electron chi connectivity index (χ0n) is 18.5. The van der Waals surface area contributed by atoms with E-state index >= 15 is 0 Å². The van der Waals surface area contributed by atoms with Crippen LogP contribution in [0.25, 0.3) is 0 Å². The third kappa shape index (κ3) is 6.75. The average molecular weight is 410 g/mol. The van der Waals surface area contributed by atoms with Crippen LogP contribution in [0.4, 0.5) is 0 Å². The minimum Gasteiger partial charge on any atom is -0.497 e. The van der Waals surface area contributed by atoms with Crippen molar-refractivity contribution in [3.05, 3.63) is 65.2 Å². The summed E-state index contributed by atoms with van der Waals surface area (Å²) in [7, 11) is 3.48. The third-order valence-electron chi connectivity index (χ3n) is 5.64. The van der Waals surface area contributed by atoms with Gasteiger partial charge in [0.05, 0.1) is 7.11 Å². The molecule has 0 unspecified atom stereocenters. The highest BCUT2D eigenvalue weighted by molar-refractivity contribution is 5.79. The Balaban J connectivity index is 1.41. The van der Waals surface area contributed by atoms with Crippen LogP contribution in [-0.4, -0.2) is 62.6 Å². The lowest BCUT2D eigenvalue weighted by atomic mass is 10.1. The molecule has 0 spiro atoms. The predicted octanol–water partition coefficient (Wildman–Crippen LogP) is 2.70. The minimum atomic E-state index is 0.716. The number of nitrogens with zero attached hydrogens (tertiary/aromatic N) is 3. The van der Waals surface area contributed by atoms with Crippen molar-refractivity contribution in [2.75, 3.05) is 46.9 Å². The molecule has 1 heterocycles. The van der Waals surface area contributed by atoms with E-state index in [2.05, 4.69) is 68.7 Å². The fraction of sp³-hybridized carbons (Fsp3) is 0.458. The van der Waals surface area contributed by atoms with Crippen LogP contribution in [-0.2, 0) is 19.6 Å². The maximum Gasteiger partial charge on any atom is 0.191 e. The van der Waals surface area contributed by atoms with Crippen molar-refractivity contribution in [3.63, 3.8) is 0 Å². The van der Waals surface area contributed by atoms with E-state index in [9.17, 15) is 0 Å². The second-order valence-corrected chi connectivity index (χ2v) is 7.65. The Hall–Kier alpha value is -2.57. The molecule has 0 atom stereocenters. The van der Waals surface area contributed by atoms with Gasteiger partial charge in [0.1, 0.15) is 5.75 Å². The van der Waals surface area contributed by atoms with Crippen LogP contribution in [0.5, 0.6) is 5.75 Å². The Bertz CT molecular complexity index is 780. The maximum atomic E-state index is 5.20. The highest BCUT2D eigenvalue weighted by atomic mass is 16.5. The number of nitrogens with one attached hydrogen (secondary N) is 2. The van der Waals surface area contributed by atoms with E-state index in [-0.39, 0.29) is 0 Å². The van der Waals surface area contributed by atoms with Crippen LogP contribution < -0.4 is 15.4 Å². The standard InChI is InChI=1S/C24H35N5O/c1-4-28-13-15-29(16-14-28)19-22-7-5-20(6-8-22)17-26-24(25-2)27-18-21-9-11-23(30-3)12-10-21/h5-12H,4,13-19H2,1-3H3,(H2,25,26,27). The van der Waals surface area contributed by atoms with Crippen LogP contribution in [0, 0.1) is 0 Å². The molecule has 1 fully saturated rings. The molecule has 1 saturated heterocycles. The number of likely N-dealkylation sites (N-methyl/N-ethyl adjacent to an activating group) is 1. The number of methoxy groups -OCH3 is 1. The van der Waals surface area contributed by atoms with E-state index in [4.69, 9.17) is 4.74 Å². The van der Waals surface area contributed by atoms with Crippen LogP contribution >= 0.6 is 0 Å². The fourth-order valence-electron chi connectivity index (χ4n) is 3.62. The predicted molar refractivity (Wildman–Crippen MR) is 124 cm³/mol. The summed E-state index contributed by atoms with van der Waals surface area (Å²) in [6.07, 6.45) is 0. The van der Waals surface area contributed by atoms with E-state index in [0.717, 1.165) is 44.4 Å². The van der Waals surface area contributed by atoms with Gasteiger partial charge in [0.15, 0.2) is 5.96 Å². The summed E-state index contributed by atoms with van der Waals surface area (Å²) < 4.78 is 5.20. The molecule has 0 saturated carbocycles. The summed E-state index contributed by atoms with van der Waals surface area (Å²) in [6.45, 7) is 10.6. The zero-order valence-corrected chi connectivity index (χ0v) is 18.5. The van der Waals surface area contributed by atoms with Crippen molar-refractivity contribution in [2.45, 2.75) is 26.6 Å². The molecule has 0 radical (unpaired) electrons. The number of aliphatic imine (C=N–C) groups is 1. The van der Waals surface area contributed by atoms with Crippen molar-refractivity contribution < 1.29 is 4.74 Å². The molecule has 0 bridgehead atoms. The van der Waals surface area contributed by atoms with Gasteiger partial charge in [-0.1, -0.05) is 43.3 Å². The topological polar surface area (TPSA) is 52.1 Å². The van der Waals surface area contributed by atoms with Gasteiger partial charge in [-0.15, -0.1) is 0 Å². The number of hydrogen-bond donors (Lipinski definition) is 2. The Morgan fingerprint density at radius 2 is 1.33 bits per heavy atom. The smallest absolute Gasteiger partial charge is 0.191 e. The highest BCUT2D eigenvalue weighted by Gasteiger charge is 2.15. The van der Waals surface area contributed by atoms with E-state index in [1.165, 1.54) is 29.8 Å². The molecule has 1 aliphatic rings. The van der Waals surface area contributed by atoms with Crippen molar-refractivity contribution in [3.8, 4) is 5.75 Å². The molecule has 162 valence electrons. The highest BCUT2D eigenvalue weighted by Crippen LogP contribution is 2.12. The summed E-state index contributed by atoms with van der Waals surface area (Å²) >= 11 is 0. The molecule has 0 aromatic heterocycles. The first-order chi connectivity index (χ1) is 14.7. The van der Waals surface area contributed by atoms with Gasteiger partial charge in [-0.3, -0.25) is 9.89 Å². The first-order valence-electron chi connectivity index (χ1n) is 10.8. The van der Waals surface area contributed by atoms with Crippen molar-refractivity contribution in [1.82, 2.24) is 20.4 Å². The van der Waals surface area contributed by atoms with Crippen molar-refractivity contribution in [1.29, 1.82) is 0 Å². The first kappa shape index (κ1) is 22.1. The molecular formula is C24H35N5O. The Labute approximate surface area is 180 Å². The largest absolute Gasteiger partial charge is 0.497 e. The Morgan fingerprint density at radius 1 is 0.833 bits per heavy atom. The van der Waals surface area contributed by atoms with Gasteiger partial charge < -0.3 is 20.3 Å². The van der Waals surface area contributed by atoms with Gasteiger partial charge in [-0.25, -0.2) is 0 Å². The van der Waals surface area contributed by atoms with Crippen LogP contribution in [0.2, 0.25) is 0 Å². The van der Waals surface area contributed by atoms with Gasteiger partial charge in [0, 0.05) is 52.9 Å². The van der Waals surface area contributed by atoms with E-state index < -0.39 is 0 Å². The molecule has 2 aromatic rings. The van der Waals surface area contributed by atoms with E-state index in [1.807, 2.05) is 12.1 Å². The lowest BCUT2D eigenvalue weighted by molar-refractivity contribution is 0.132. The quantitative estimate of drug-likeness (QED) is 0.519. The monoisotopic (exact) mass is 409 g/mol. The lowest BCUT2D eigenvalue weighted by Gasteiger charge is -2.34. The molecule has 2 N–H and O–H groups in total. The molecule has 30 heavy (non-hydrogen) atoms. The number of piperazine rings is 1. The molecule has 0 amide bonds. The molecule has 1 aliphatic heterocycles. The van der Waals surface area contributed by atoms with Gasteiger partial charge in [-0.2, -0.15) is 0 Å². The number of hydrogen-bond acceptors (Lipinski definition) is 4. The zero-order chi connectivity index (χ0) is 21.2. The lowest BCUT2D eigenvalue weighted by Crippen LogP contribution is -2.45. The van der Waals surface area contributed by atoms with Gasteiger partial charge in [-0.05, 0) is 35.4 Å². The van der Waals surface area contributed by atoms with Gasteiger partial charge in [0.25, 0.3) is 0 Å². The second-order valence-electron chi connectivity index (χ2n) is 7.65. The molecule has 0 aliphatic carbocycles. The third-order valence-corrected chi connectivity index (χ3v) is 5.64. The normalized spacial score (nSPS) is 15.8. The van der Waals surface area contributed by atoms with E-state index in [1.54, 1.807) is 14.2 Å². The van der Waals surface area contributed by atoms with Crippen molar-refractivity contribution >= 4 is 5.96 Å². The van der Waals surface area contributed by atoms with Crippen LogP contribution in [0.1, 0.15) is 23.6 Å². The van der Waals surface area contributed by atoms with Crippen LogP contribution in [0.3, 0.4) is 0 Å².